The van der Waals surface area contributed by atoms with Crippen LogP contribution >= 0.6 is 0 Å². The van der Waals surface area contributed by atoms with E-state index in [0.29, 0.717) is 0 Å². The number of fused-ring (bicyclic) bond motifs is 1. The van der Waals surface area contributed by atoms with Crippen molar-refractivity contribution >= 4 is 0 Å². The summed E-state index contributed by atoms with van der Waals surface area (Å²) in [6, 6.07) is 0. The first kappa shape index (κ1) is 6.45. The molecule has 0 amide bonds. The average Bonchev–Trinajstić information content (AvgIpc) is 2.49. The first-order chi connectivity index (χ1) is 5.93. The zero-order valence-corrected chi connectivity index (χ0v) is 7.71. The van der Waals surface area contributed by atoms with Gasteiger partial charge in [-0.3, -0.25) is 0 Å². The minimum Gasteiger partial charge on any atom is -0.0499 e. The summed E-state index contributed by atoms with van der Waals surface area (Å²) in [7, 11) is 0. The van der Waals surface area contributed by atoms with E-state index in [1.54, 1.807) is 38.5 Å². The normalized spacial score (nSPS) is 66.0. The lowest BCUT2D eigenvalue weighted by Gasteiger charge is -2.43. The predicted molar refractivity (Wildman–Crippen MR) is 48.6 cm³/mol. The Kier molecular flexibility index (Phi) is 1.03. The first-order valence-electron chi connectivity index (χ1n) is 5.93. The Labute approximate surface area is 74.7 Å². The molecule has 4 fully saturated rings. The molecule has 0 aliphatic heterocycles. The summed E-state index contributed by atoms with van der Waals surface area (Å²) in [5, 5.41) is 0. The van der Waals surface area contributed by atoms with Crippen LogP contribution in [0.1, 0.15) is 38.5 Å². The van der Waals surface area contributed by atoms with Gasteiger partial charge >= 0.3 is 0 Å². The maximum absolute atomic E-state index is 1.66. The smallest absolute Gasteiger partial charge is 0.0349 e. The fourth-order valence-corrected chi connectivity index (χ4v) is 5.23. The maximum atomic E-state index is 1.66. The second kappa shape index (κ2) is 1.91. The SMILES string of the molecule is C1CC2CC3C2CC2C1CCC23. The minimum absolute atomic E-state index is 1.19. The van der Waals surface area contributed by atoms with Crippen LogP contribution in [0.2, 0.25) is 0 Å². The molecule has 4 aliphatic rings. The summed E-state index contributed by atoms with van der Waals surface area (Å²) in [6.07, 6.45) is 9.72. The molecule has 0 nitrogen and oxygen atoms in total. The molecule has 6 atom stereocenters. The molecule has 4 rings (SSSR count). The van der Waals surface area contributed by atoms with Crippen molar-refractivity contribution in [2.24, 2.45) is 35.5 Å². The summed E-state index contributed by atoms with van der Waals surface area (Å²) < 4.78 is 0. The van der Waals surface area contributed by atoms with Crippen LogP contribution in [-0.4, -0.2) is 0 Å². The van der Waals surface area contributed by atoms with E-state index < -0.39 is 0 Å². The van der Waals surface area contributed by atoms with E-state index in [2.05, 4.69) is 0 Å². The average molecular weight is 162 g/mol. The van der Waals surface area contributed by atoms with Crippen LogP contribution in [0.4, 0.5) is 0 Å². The van der Waals surface area contributed by atoms with Crippen molar-refractivity contribution in [2.75, 3.05) is 0 Å². The molecule has 0 radical (unpaired) electrons. The molecule has 0 N–H and O–H groups in total. The molecule has 0 aromatic rings. The van der Waals surface area contributed by atoms with Crippen molar-refractivity contribution in [1.82, 2.24) is 0 Å². The molecule has 4 aliphatic carbocycles. The lowest BCUT2D eigenvalue weighted by molar-refractivity contribution is 0.0611. The van der Waals surface area contributed by atoms with Crippen LogP contribution in [0.15, 0.2) is 0 Å². The third-order valence-electron chi connectivity index (χ3n) is 5.76. The number of rotatable bonds is 0. The second-order valence-corrected chi connectivity index (χ2v) is 5.80. The Bertz CT molecular complexity index is 218. The van der Waals surface area contributed by atoms with Gasteiger partial charge in [0.1, 0.15) is 0 Å². The Hall–Kier alpha value is 0. The van der Waals surface area contributed by atoms with Crippen LogP contribution in [0.25, 0.3) is 0 Å². The van der Waals surface area contributed by atoms with Gasteiger partial charge in [-0.25, -0.2) is 0 Å². The third kappa shape index (κ3) is 0.561. The van der Waals surface area contributed by atoms with Gasteiger partial charge in [0.15, 0.2) is 0 Å². The summed E-state index contributed by atoms with van der Waals surface area (Å²) in [5.74, 6) is 7.28. The van der Waals surface area contributed by atoms with Crippen LogP contribution in [-0.2, 0) is 0 Å². The first-order valence-corrected chi connectivity index (χ1v) is 5.93. The van der Waals surface area contributed by atoms with Crippen molar-refractivity contribution in [1.29, 1.82) is 0 Å². The molecule has 4 saturated carbocycles. The third-order valence-corrected chi connectivity index (χ3v) is 5.76. The van der Waals surface area contributed by atoms with Crippen molar-refractivity contribution < 1.29 is 0 Å². The quantitative estimate of drug-likeness (QED) is 0.513. The van der Waals surface area contributed by atoms with Crippen molar-refractivity contribution in [3.63, 3.8) is 0 Å². The molecule has 0 heteroatoms. The van der Waals surface area contributed by atoms with Gasteiger partial charge in [0.2, 0.25) is 0 Å². The van der Waals surface area contributed by atoms with E-state index in [4.69, 9.17) is 0 Å². The summed E-state index contributed by atoms with van der Waals surface area (Å²) in [6.45, 7) is 0. The molecule has 12 heavy (non-hydrogen) atoms. The standard InChI is InChI=1S/C12H18/c1-2-8-5-12-9-4-3-7(1)10(9)6-11(8)12/h7-12H,1-6H2. The van der Waals surface area contributed by atoms with Crippen LogP contribution in [0.3, 0.4) is 0 Å². The molecule has 6 unspecified atom stereocenters. The zero-order valence-electron chi connectivity index (χ0n) is 7.71. The molecule has 2 bridgehead atoms. The highest BCUT2D eigenvalue weighted by Crippen LogP contribution is 2.66. The predicted octanol–water partition coefficient (Wildman–Crippen LogP) is 3.08. The fourth-order valence-electron chi connectivity index (χ4n) is 5.23. The minimum atomic E-state index is 1.19. The Morgan fingerprint density at radius 1 is 0.500 bits per heavy atom. The zero-order chi connectivity index (χ0) is 7.71. The highest BCUT2D eigenvalue weighted by atomic mass is 14.6. The van der Waals surface area contributed by atoms with Crippen LogP contribution in [0, 0.1) is 35.5 Å². The highest BCUT2D eigenvalue weighted by Gasteiger charge is 2.58. The van der Waals surface area contributed by atoms with Gasteiger partial charge in [-0.05, 0) is 74.0 Å². The molecule has 0 aromatic heterocycles. The Morgan fingerprint density at radius 2 is 1.25 bits per heavy atom. The van der Waals surface area contributed by atoms with Gasteiger partial charge in [-0.15, -0.1) is 0 Å². The second-order valence-electron chi connectivity index (χ2n) is 5.80. The molecule has 0 spiro atoms. The summed E-state index contributed by atoms with van der Waals surface area (Å²) in [4.78, 5) is 0. The topological polar surface area (TPSA) is 0 Å². The van der Waals surface area contributed by atoms with Gasteiger partial charge in [-0.1, -0.05) is 0 Å². The van der Waals surface area contributed by atoms with Crippen LogP contribution in [0.5, 0.6) is 0 Å². The van der Waals surface area contributed by atoms with E-state index in [9.17, 15) is 0 Å². The van der Waals surface area contributed by atoms with E-state index in [0.717, 1.165) is 0 Å². The lowest BCUT2D eigenvalue weighted by atomic mass is 9.62. The van der Waals surface area contributed by atoms with Crippen molar-refractivity contribution in [3.8, 4) is 0 Å². The summed E-state index contributed by atoms with van der Waals surface area (Å²) in [5.41, 5.74) is 0. The van der Waals surface area contributed by atoms with E-state index in [1.165, 1.54) is 35.5 Å². The van der Waals surface area contributed by atoms with Gasteiger partial charge in [0.25, 0.3) is 0 Å². The van der Waals surface area contributed by atoms with E-state index in [1.807, 2.05) is 0 Å². The Balaban J connectivity index is 1.79. The highest BCUT2D eigenvalue weighted by molar-refractivity contribution is 5.07. The maximum Gasteiger partial charge on any atom is -0.0349 e. The van der Waals surface area contributed by atoms with E-state index >= 15 is 0 Å². The molecular weight excluding hydrogens is 144 g/mol. The monoisotopic (exact) mass is 162 g/mol. The van der Waals surface area contributed by atoms with Crippen LogP contribution < -0.4 is 0 Å². The number of hydrogen-bond acceptors (Lipinski definition) is 0. The van der Waals surface area contributed by atoms with Crippen molar-refractivity contribution in [2.45, 2.75) is 38.5 Å². The largest absolute Gasteiger partial charge is 0.0499 e. The fraction of sp³-hybridized carbons (Fsp3) is 1.00. The van der Waals surface area contributed by atoms with Gasteiger partial charge in [0.05, 0.1) is 0 Å². The van der Waals surface area contributed by atoms with Crippen molar-refractivity contribution in [3.05, 3.63) is 0 Å². The van der Waals surface area contributed by atoms with Gasteiger partial charge < -0.3 is 0 Å². The van der Waals surface area contributed by atoms with E-state index in [-0.39, 0.29) is 0 Å². The Morgan fingerprint density at radius 3 is 2.25 bits per heavy atom. The molecule has 66 valence electrons. The van der Waals surface area contributed by atoms with Gasteiger partial charge in [-0.2, -0.15) is 0 Å². The number of hydrogen-bond donors (Lipinski definition) is 0. The molecule has 0 heterocycles. The molecule has 0 aromatic carbocycles. The lowest BCUT2D eigenvalue weighted by Crippen LogP contribution is -2.35. The molecular formula is C12H18. The molecule has 0 saturated heterocycles. The van der Waals surface area contributed by atoms with Gasteiger partial charge in [0, 0.05) is 0 Å². The summed E-state index contributed by atoms with van der Waals surface area (Å²) >= 11 is 0.